The molecule has 1 aliphatic rings. The van der Waals surface area contributed by atoms with E-state index in [2.05, 4.69) is 15.1 Å². The number of aliphatic hydroxyl groups is 1. The highest BCUT2D eigenvalue weighted by atomic mass is 35.5. The van der Waals surface area contributed by atoms with Crippen molar-refractivity contribution in [2.45, 2.75) is 50.7 Å². The van der Waals surface area contributed by atoms with Gasteiger partial charge in [-0.1, -0.05) is 60.4 Å². The number of ether oxygens (including phenoxy) is 2. The van der Waals surface area contributed by atoms with Crippen molar-refractivity contribution in [2.75, 3.05) is 7.11 Å². The zero-order valence-corrected chi connectivity index (χ0v) is 23.2. The molecular formula is C29H27Cl2N3O5. The summed E-state index contributed by atoms with van der Waals surface area (Å²) >= 11 is 12.9. The lowest BCUT2D eigenvalue weighted by atomic mass is 9.66. The number of hydrogen-bond acceptors (Lipinski definition) is 8. The second kappa shape index (κ2) is 11.0. The Morgan fingerprint density at radius 3 is 2.49 bits per heavy atom. The summed E-state index contributed by atoms with van der Waals surface area (Å²) in [5.41, 5.74) is 2.64. The van der Waals surface area contributed by atoms with Crippen LogP contribution in [0, 0.1) is 0 Å². The molecule has 10 heteroatoms. The highest BCUT2D eigenvalue weighted by Gasteiger charge is 2.46. The first-order chi connectivity index (χ1) is 18.7. The van der Waals surface area contributed by atoms with E-state index >= 15 is 0 Å². The summed E-state index contributed by atoms with van der Waals surface area (Å²) in [6, 6.07) is 12.5. The Morgan fingerprint density at radius 2 is 1.85 bits per heavy atom. The van der Waals surface area contributed by atoms with Gasteiger partial charge in [-0.05, 0) is 48.6 Å². The molecule has 0 aliphatic heterocycles. The minimum atomic E-state index is -1.11. The molecule has 2 aromatic carbocycles. The molecule has 8 nitrogen and oxygen atoms in total. The number of halogens is 2. The van der Waals surface area contributed by atoms with Gasteiger partial charge in [-0.25, -0.2) is 9.78 Å². The lowest BCUT2D eigenvalue weighted by Gasteiger charge is -2.43. The van der Waals surface area contributed by atoms with E-state index in [0.717, 1.165) is 11.1 Å². The SMILES string of the molecule is COC(=O)c1cccc(C2CC(O)(c3cnc(OCc4c(-c5c(Cl)cccc5Cl)noc4C(C)C)cn3)C2)c1. The van der Waals surface area contributed by atoms with E-state index in [0.29, 0.717) is 51.2 Å². The number of carbonyl (C=O) groups is 1. The van der Waals surface area contributed by atoms with Crippen molar-refractivity contribution in [3.8, 4) is 17.1 Å². The van der Waals surface area contributed by atoms with E-state index in [9.17, 15) is 9.90 Å². The maximum atomic E-state index is 11.9. The molecule has 0 radical (unpaired) electrons. The Bertz CT molecular complexity index is 1480. The summed E-state index contributed by atoms with van der Waals surface area (Å²) in [4.78, 5) is 20.7. The molecule has 2 aromatic heterocycles. The van der Waals surface area contributed by atoms with Crippen LogP contribution in [0.5, 0.6) is 5.88 Å². The Labute approximate surface area is 235 Å². The molecule has 0 unspecified atom stereocenters. The van der Waals surface area contributed by atoms with Crippen molar-refractivity contribution in [3.63, 3.8) is 0 Å². The van der Waals surface area contributed by atoms with Crippen molar-refractivity contribution >= 4 is 29.2 Å². The molecule has 0 saturated heterocycles. The summed E-state index contributed by atoms with van der Waals surface area (Å²) in [5.74, 6) is 0.707. The number of nitrogens with zero attached hydrogens (tertiary/aromatic N) is 3. The van der Waals surface area contributed by atoms with E-state index in [1.165, 1.54) is 19.5 Å². The van der Waals surface area contributed by atoms with Crippen LogP contribution in [0.15, 0.2) is 59.4 Å². The van der Waals surface area contributed by atoms with Crippen LogP contribution in [-0.2, 0) is 16.9 Å². The third-order valence-electron chi connectivity index (χ3n) is 6.96. The fourth-order valence-corrected chi connectivity index (χ4v) is 5.43. The third kappa shape index (κ3) is 5.37. The summed E-state index contributed by atoms with van der Waals surface area (Å²) in [7, 11) is 1.35. The van der Waals surface area contributed by atoms with Crippen molar-refractivity contribution < 1.29 is 23.9 Å². The third-order valence-corrected chi connectivity index (χ3v) is 7.59. The zero-order valence-electron chi connectivity index (χ0n) is 21.6. The van der Waals surface area contributed by atoms with Gasteiger partial charge >= 0.3 is 5.97 Å². The van der Waals surface area contributed by atoms with Crippen LogP contribution >= 0.6 is 23.2 Å². The predicted molar refractivity (Wildman–Crippen MR) is 146 cm³/mol. The van der Waals surface area contributed by atoms with Crippen LogP contribution < -0.4 is 4.74 Å². The maximum Gasteiger partial charge on any atom is 0.337 e. The van der Waals surface area contributed by atoms with Crippen molar-refractivity contribution in [2.24, 2.45) is 0 Å². The molecule has 202 valence electrons. The van der Waals surface area contributed by atoms with Crippen molar-refractivity contribution in [1.29, 1.82) is 0 Å². The minimum Gasteiger partial charge on any atom is -0.471 e. The topological polar surface area (TPSA) is 108 Å². The molecule has 2 heterocycles. The number of methoxy groups -OCH3 is 1. The Morgan fingerprint density at radius 1 is 1.13 bits per heavy atom. The lowest BCUT2D eigenvalue weighted by Crippen LogP contribution is -2.40. The van der Waals surface area contributed by atoms with Crippen LogP contribution in [0.2, 0.25) is 10.0 Å². The molecule has 1 fully saturated rings. The lowest BCUT2D eigenvalue weighted by molar-refractivity contribution is -0.0590. The summed E-state index contributed by atoms with van der Waals surface area (Å²) in [5, 5.41) is 16.3. The first-order valence-electron chi connectivity index (χ1n) is 12.5. The number of aromatic nitrogens is 3. The Hall–Kier alpha value is -3.46. The van der Waals surface area contributed by atoms with Crippen LogP contribution in [-0.4, -0.2) is 33.3 Å². The monoisotopic (exact) mass is 567 g/mol. The van der Waals surface area contributed by atoms with E-state index in [4.69, 9.17) is 37.2 Å². The molecule has 4 aromatic rings. The number of rotatable bonds is 8. The molecular weight excluding hydrogens is 541 g/mol. The van der Waals surface area contributed by atoms with Gasteiger partial charge in [0.15, 0.2) is 0 Å². The van der Waals surface area contributed by atoms with Gasteiger partial charge in [-0.2, -0.15) is 0 Å². The van der Waals surface area contributed by atoms with Crippen molar-refractivity contribution in [3.05, 3.63) is 93.0 Å². The van der Waals surface area contributed by atoms with Gasteiger partial charge in [0.05, 0.1) is 46.4 Å². The maximum absolute atomic E-state index is 11.9. The fourth-order valence-electron chi connectivity index (χ4n) is 4.85. The largest absolute Gasteiger partial charge is 0.471 e. The van der Waals surface area contributed by atoms with Crippen LogP contribution in [0.3, 0.4) is 0 Å². The number of benzene rings is 2. The second-order valence-electron chi connectivity index (χ2n) is 9.91. The van der Waals surface area contributed by atoms with Gasteiger partial charge in [0, 0.05) is 11.5 Å². The van der Waals surface area contributed by atoms with Gasteiger partial charge in [-0.15, -0.1) is 0 Å². The van der Waals surface area contributed by atoms with E-state index in [1.807, 2.05) is 26.0 Å². The predicted octanol–water partition coefficient (Wildman–Crippen LogP) is 6.69. The smallest absolute Gasteiger partial charge is 0.337 e. The number of carbonyl (C=O) groups excluding carboxylic acids is 1. The summed E-state index contributed by atoms with van der Waals surface area (Å²) < 4.78 is 16.4. The van der Waals surface area contributed by atoms with Gasteiger partial charge in [-0.3, -0.25) is 4.98 Å². The summed E-state index contributed by atoms with van der Waals surface area (Å²) in [6.07, 6.45) is 3.95. The first-order valence-corrected chi connectivity index (χ1v) is 13.2. The van der Waals surface area contributed by atoms with E-state index < -0.39 is 5.60 Å². The number of esters is 1. The van der Waals surface area contributed by atoms with Gasteiger partial charge < -0.3 is 19.1 Å². The van der Waals surface area contributed by atoms with Crippen LogP contribution in [0.1, 0.15) is 71.5 Å². The molecule has 0 amide bonds. The van der Waals surface area contributed by atoms with E-state index in [1.54, 1.807) is 30.3 Å². The van der Waals surface area contributed by atoms with Gasteiger partial charge in [0.25, 0.3) is 0 Å². The first kappa shape index (κ1) is 27.1. The highest BCUT2D eigenvalue weighted by molar-refractivity contribution is 6.39. The second-order valence-corrected chi connectivity index (χ2v) is 10.7. The molecule has 0 bridgehead atoms. The van der Waals surface area contributed by atoms with Gasteiger partial charge in [0.2, 0.25) is 5.88 Å². The summed E-state index contributed by atoms with van der Waals surface area (Å²) in [6.45, 7) is 4.11. The molecule has 1 N–H and O–H groups in total. The number of hydrogen-bond donors (Lipinski definition) is 1. The molecule has 39 heavy (non-hydrogen) atoms. The molecule has 0 spiro atoms. The van der Waals surface area contributed by atoms with Crippen LogP contribution in [0.25, 0.3) is 11.3 Å². The quantitative estimate of drug-likeness (QED) is 0.234. The molecule has 1 saturated carbocycles. The minimum absolute atomic E-state index is 0.0497. The molecule has 5 rings (SSSR count). The van der Waals surface area contributed by atoms with Gasteiger partial charge in [0.1, 0.15) is 23.7 Å². The molecule has 1 aliphatic carbocycles. The Kier molecular flexibility index (Phi) is 7.62. The van der Waals surface area contributed by atoms with E-state index in [-0.39, 0.29) is 30.3 Å². The average Bonchev–Trinajstić information content (AvgIpc) is 3.33. The Balaban J connectivity index is 1.29. The van der Waals surface area contributed by atoms with Crippen molar-refractivity contribution in [1.82, 2.24) is 15.1 Å². The normalized spacial score (nSPS) is 18.6. The fraction of sp³-hybridized carbons (Fsp3) is 0.310. The highest BCUT2D eigenvalue weighted by Crippen LogP contribution is 2.50. The average molecular weight is 568 g/mol. The van der Waals surface area contributed by atoms with Crippen LogP contribution in [0.4, 0.5) is 0 Å². The standard InChI is InChI=1S/C29H27Cl2N3O5/c1-16(2)27-20(26(34-39-27)25-21(30)8-5-9-22(25)31)15-38-24-14-32-23(13-33-24)29(36)11-19(12-29)17-6-4-7-18(10-17)28(35)37-3/h4-10,13-14,16,19,36H,11-12,15H2,1-3H3. The zero-order chi connectivity index (χ0) is 27.7. The molecule has 0 atom stereocenters.